The number of carbonyl (C=O) groups excluding carboxylic acids is 1. The van der Waals surface area contributed by atoms with Gasteiger partial charge in [0, 0.05) is 35.1 Å². The number of hydrogen-bond acceptors (Lipinski definition) is 7. The molecule has 1 saturated heterocycles. The van der Waals surface area contributed by atoms with Crippen LogP contribution >= 0.6 is 27.9 Å². The van der Waals surface area contributed by atoms with Gasteiger partial charge in [0.2, 0.25) is 0 Å². The van der Waals surface area contributed by atoms with Gasteiger partial charge in [0.05, 0.1) is 17.3 Å². The summed E-state index contributed by atoms with van der Waals surface area (Å²) >= 11 is 4.76. The summed E-state index contributed by atoms with van der Waals surface area (Å²) in [7, 11) is 0. The van der Waals surface area contributed by atoms with Gasteiger partial charge in [-0.2, -0.15) is 0 Å². The number of pyridine rings is 3. The van der Waals surface area contributed by atoms with E-state index >= 15 is 0 Å². The van der Waals surface area contributed by atoms with Crippen molar-refractivity contribution in [1.82, 2.24) is 19.7 Å². The Hall–Kier alpha value is -2.65. The van der Waals surface area contributed by atoms with Crippen molar-refractivity contribution >= 4 is 45.4 Å². The molecule has 4 bridgehead atoms. The first-order valence-electron chi connectivity index (χ1n) is 13.1. The minimum Gasteiger partial charge on any atom is -0.362 e. The summed E-state index contributed by atoms with van der Waals surface area (Å²) in [5.74, 6) is 1.82. The van der Waals surface area contributed by atoms with Gasteiger partial charge in [0.25, 0.3) is 5.91 Å². The van der Waals surface area contributed by atoms with Crippen LogP contribution in [-0.4, -0.2) is 32.9 Å². The van der Waals surface area contributed by atoms with Crippen LogP contribution in [0.15, 0.2) is 58.2 Å². The molecule has 0 aromatic carbocycles. The molecule has 2 aliphatic heterocycles. The molecule has 0 aliphatic carbocycles. The third-order valence-electron chi connectivity index (χ3n) is 7.35. The lowest BCUT2D eigenvalue weighted by Gasteiger charge is -2.34. The Morgan fingerprint density at radius 2 is 1.82 bits per heavy atom. The number of nitrogens with one attached hydrogen (secondary N) is 2. The predicted octanol–water partition coefficient (Wildman–Crippen LogP) is 6.92. The standard InChI is InChI=1S/C29H35BrN6OS/c1-28(2,3)22-15-13-19-26(33-22)36-17-18(16-29(36,4)5)12-14-21(20-8-6-9-23(30)31-20)32-24-10-7-11-25(34-24)38-35-27(19)37/h6-11,13,15,18,21H,12,14,16-17H2,1-5H3,(H,32,34)(H,35,37)/t18-,21-/m0/s1. The van der Waals surface area contributed by atoms with Gasteiger partial charge in [-0.3, -0.25) is 9.52 Å². The first kappa shape index (κ1) is 26.9. The molecule has 2 aliphatic rings. The molecule has 2 N–H and O–H groups in total. The van der Waals surface area contributed by atoms with Crippen molar-refractivity contribution in [2.75, 3.05) is 16.8 Å². The van der Waals surface area contributed by atoms with Crippen LogP contribution in [0, 0.1) is 5.92 Å². The van der Waals surface area contributed by atoms with Gasteiger partial charge in [0.1, 0.15) is 21.3 Å². The van der Waals surface area contributed by atoms with Gasteiger partial charge in [-0.25, -0.2) is 15.0 Å². The Bertz CT molecular complexity index is 1340. The fourth-order valence-electron chi connectivity index (χ4n) is 5.40. The molecule has 38 heavy (non-hydrogen) atoms. The number of anilines is 2. The van der Waals surface area contributed by atoms with Crippen LogP contribution in [0.5, 0.6) is 0 Å². The molecule has 0 spiro atoms. The lowest BCUT2D eigenvalue weighted by Crippen LogP contribution is -2.40. The fourth-order valence-corrected chi connectivity index (χ4v) is 6.36. The zero-order valence-corrected chi connectivity index (χ0v) is 25.0. The van der Waals surface area contributed by atoms with Crippen LogP contribution in [0.1, 0.15) is 81.7 Å². The Labute approximate surface area is 237 Å². The summed E-state index contributed by atoms with van der Waals surface area (Å²) in [4.78, 5) is 30.5. The van der Waals surface area contributed by atoms with E-state index in [4.69, 9.17) is 15.0 Å². The lowest BCUT2D eigenvalue weighted by atomic mass is 9.90. The molecule has 5 heterocycles. The second kappa shape index (κ2) is 10.5. The van der Waals surface area contributed by atoms with Crippen LogP contribution in [0.4, 0.5) is 11.6 Å². The van der Waals surface area contributed by atoms with Gasteiger partial charge in [-0.15, -0.1) is 0 Å². The summed E-state index contributed by atoms with van der Waals surface area (Å²) in [5, 5.41) is 4.33. The van der Waals surface area contributed by atoms with Crippen LogP contribution in [0.2, 0.25) is 0 Å². The molecule has 0 unspecified atom stereocenters. The van der Waals surface area contributed by atoms with E-state index in [1.807, 2.05) is 42.5 Å². The van der Waals surface area contributed by atoms with E-state index in [0.29, 0.717) is 16.5 Å². The normalized spacial score (nSPS) is 21.5. The minimum absolute atomic E-state index is 0.00929. The SMILES string of the molecule is CC(C)(C)c1ccc2c(n1)N1C[C@@H](CC[C@@H](c3cccc(Br)n3)Nc3cccc(n3)SNC2=O)CC1(C)C. The molecule has 1 amide bonds. The number of carbonyl (C=O) groups is 1. The zero-order chi connectivity index (χ0) is 27.1. The first-order chi connectivity index (χ1) is 18.0. The third-order valence-corrected chi connectivity index (χ3v) is 8.52. The van der Waals surface area contributed by atoms with E-state index < -0.39 is 0 Å². The van der Waals surface area contributed by atoms with Crippen LogP contribution < -0.4 is 14.9 Å². The number of amides is 1. The van der Waals surface area contributed by atoms with Crippen molar-refractivity contribution < 1.29 is 4.79 Å². The third kappa shape index (κ3) is 5.83. The fraction of sp³-hybridized carbons (Fsp3) is 0.448. The highest BCUT2D eigenvalue weighted by atomic mass is 79.9. The molecular formula is C29H35BrN6OS. The maximum absolute atomic E-state index is 13.5. The van der Waals surface area contributed by atoms with Crippen LogP contribution in [0.25, 0.3) is 0 Å². The summed E-state index contributed by atoms with van der Waals surface area (Å²) in [6.45, 7) is 11.8. The van der Waals surface area contributed by atoms with E-state index in [0.717, 1.165) is 53.4 Å². The Kier molecular flexibility index (Phi) is 7.44. The molecule has 1 fully saturated rings. The highest BCUT2D eigenvalue weighted by molar-refractivity contribution is 9.10. The average Bonchev–Trinajstić information content (AvgIpc) is 3.17. The summed E-state index contributed by atoms with van der Waals surface area (Å²) in [6.07, 6.45) is 2.95. The monoisotopic (exact) mass is 594 g/mol. The van der Waals surface area contributed by atoms with E-state index in [-0.39, 0.29) is 22.9 Å². The van der Waals surface area contributed by atoms with Crippen LogP contribution in [-0.2, 0) is 5.41 Å². The maximum atomic E-state index is 13.5. The summed E-state index contributed by atoms with van der Waals surface area (Å²) in [6, 6.07) is 15.8. The van der Waals surface area contributed by atoms with Crippen molar-refractivity contribution in [3.8, 4) is 0 Å². The van der Waals surface area contributed by atoms with Crippen molar-refractivity contribution in [3.63, 3.8) is 0 Å². The highest BCUT2D eigenvalue weighted by Crippen LogP contribution is 2.41. The second-order valence-corrected chi connectivity index (χ2v) is 13.5. The molecule has 0 radical (unpaired) electrons. The Morgan fingerprint density at radius 3 is 2.58 bits per heavy atom. The molecule has 2 atom stereocenters. The van der Waals surface area contributed by atoms with Crippen LogP contribution in [0.3, 0.4) is 0 Å². The number of hydrogen-bond donors (Lipinski definition) is 2. The topological polar surface area (TPSA) is 83.0 Å². The van der Waals surface area contributed by atoms with E-state index in [2.05, 4.69) is 71.6 Å². The Morgan fingerprint density at radius 1 is 1.03 bits per heavy atom. The van der Waals surface area contributed by atoms with Crippen molar-refractivity contribution in [2.24, 2.45) is 5.92 Å². The average molecular weight is 596 g/mol. The summed E-state index contributed by atoms with van der Waals surface area (Å²) in [5.41, 5.74) is 2.30. The molecule has 3 aromatic rings. The van der Waals surface area contributed by atoms with E-state index in [1.54, 1.807) is 0 Å². The van der Waals surface area contributed by atoms with Gasteiger partial charge in [-0.1, -0.05) is 32.9 Å². The molecule has 5 rings (SSSR count). The number of fused-ring (bicyclic) bond motifs is 6. The Balaban J connectivity index is 1.56. The molecular weight excluding hydrogens is 560 g/mol. The smallest absolute Gasteiger partial charge is 0.265 e. The number of nitrogens with zero attached hydrogens (tertiary/aromatic N) is 4. The molecule has 200 valence electrons. The zero-order valence-electron chi connectivity index (χ0n) is 22.6. The predicted molar refractivity (Wildman–Crippen MR) is 158 cm³/mol. The minimum atomic E-state index is -0.163. The summed E-state index contributed by atoms with van der Waals surface area (Å²) < 4.78 is 3.83. The van der Waals surface area contributed by atoms with E-state index in [1.165, 1.54) is 11.9 Å². The lowest BCUT2D eigenvalue weighted by molar-refractivity contribution is 0.0984. The van der Waals surface area contributed by atoms with Gasteiger partial charge < -0.3 is 10.2 Å². The first-order valence-corrected chi connectivity index (χ1v) is 14.7. The maximum Gasteiger partial charge on any atom is 0.265 e. The number of rotatable bonds is 1. The molecule has 7 nitrogen and oxygen atoms in total. The van der Waals surface area contributed by atoms with Crippen molar-refractivity contribution in [1.29, 1.82) is 0 Å². The van der Waals surface area contributed by atoms with Gasteiger partial charge in [0.15, 0.2) is 0 Å². The van der Waals surface area contributed by atoms with E-state index in [9.17, 15) is 4.79 Å². The van der Waals surface area contributed by atoms with Crippen molar-refractivity contribution in [3.05, 3.63) is 70.1 Å². The van der Waals surface area contributed by atoms with Crippen molar-refractivity contribution in [2.45, 2.75) is 75.9 Å². The molecule has 9 heteroatoms. The number of halogens is 1. The highest BCUT2D eigenvalue weighted by Gasteiger charge is 2.41. The van der Waals surface area contributed by atoms with Gasteiger partial charge in [-0.05, 0) is 91.4 Å². The quantitative estimate of drug-likeness (QED) is 0.233. The molecule has 0 saturated carbocycles. The van der Waals surface area contributed by atoms with Gasteiger partial charge >= 0.3 is 0 Å². The molecule has 3 aromatic heterocycles. The largest absolute Gasteiger partial charge is 0.362 e. The number of aromatic nitrogens is 3. The second-order valence-electron chi connectivity index (χ2n) is 11.9.